The third kappa shape index (κ3) is 7.23. The second-order valence-electron chi connectivity index (χ2n) is 4.69. The Balaban J connectivity index is 3.95. The summed E-state index contributed by atoms with van der Waals surface area (Å²) in [5.74, 6) is -0.185. The second-order valence-corrected chi connectivity index (χ2v) is 4.69. The van der Waals surface area contributed by atoms with Crippen molar-refractivity contribution in [2.24, 2.45) is 5.73 Å². The zero-order valence-electron chi connectivity index (χ0n) is 10.7. The highest BCUT2D eigenvalue weighted by Gasteiger charge is 2.17. The molecule has 0 saturated carbocycles. The predicted octanol–water partition coefficient (Wildman–Crippen LogP) is 0.0984. The molecule has 2 amide bonds. The molecule has 0 spiro atoms. The van der Waals surface area contributed by atoms with Crippen LogP contribution in [-0.2, 0) is 9.59 Å². The van der Waals surface area contributed by atoms with Crippen molar-refractivity contribution in [3.05, 3.63) is 0 Å². The van der Waals surface area contributed by atoms with Gasteiger partial charge in [-0.05, 0) is 27.2 Å². The van der Waals surface area contributed by atoms with Gasteiger partial charge in [0.25, 0.3) is 0 Å². The Kier molecular flexibility index (Phi) is 6.03. The quantitative estimate of drug-likeness (QED) is 0.678. The normalized spacial score (nSPS) is 11.1. The minimum Gasteiger partial charge on any atom is -0.355 e. The van der Waals surface area contributed by atoms with Crippen LogP contribution in [0, 0.1) is 0 Å². The van der Waals surface area contributed by atoms with Gasteiger partial charge in [0, 0.05) is 25.6 Å². The SMILES string of the molecule is CCNC(=O)CN(C)C(=O)CCC(C)(C)N. The molecule has 0 bridgehead atoms. The van der Waals surface area contributed by atoms with Gasteiger partial charge in [-0.3, -0.25) is 9.59 Å². The van der Waals surface area contributed by atoms with Gasteiger partial charge >= 0.3 is 0 Å². The minimum atomic E-state index is -0.345. The first-order chi connectivity index (χ1) is 7.26. The van der Waals surface area contributed by atoms with Crippen LogP contribution in [0.25, 0.3) is 0 Å². The van der Waals surface area contributed by atoms with E-state index in [-0.39, 0.29) is 23.9 Å². The number of carbonyl (C=O) groups is 2. The summed E-state index contributed by atoms with van der Waals surface area (Å²) in [5, 5.41) is 2.65. The van der Waals surface area contributed by atoms with Gasteiger partial charge in [0.15, 0.2) is 0 Å². The molecule has 3 N–H and O–H groups in total. The lowest BCUT2D eigenvalue weighted by Crippen LogP contribution is -2.39. The van der Waals surface area contributed by atoms with Gasteiger partial charge in [-0.2, -0.15) is 0 Å². The van der Waals surface area contributed by atoms with Gasteiger partial charge < -0.3 is 16.0 Å². The van der Waals surface area contributed by atoms with Gasteiger partial charge in [0.05, 0.1) is 6.54 Å². The average Bonchev–Trinajstić information content (AvgIpc) is 2.13. The third-order valence-corrected chi connectivity index (χ3v) is 2.16. The molecule has 5 heteroatoms. The Labute approximate surface area is 97.4 Å². The van der Waals surface area contributed by atoms with Crippen LogP contribution in [0.2, 0.25) is 0 Å². The van der Waals surface area contributed by atoms with E-state index in [1.54, 1.807) is 7.05 Å². The van der Waals surface area contributed by atoms with Crippen LogP contribution in [0.3, 0.4) is 0 Å². The Morgan fingerprint density at radius 3 is 2.38 bits per heavy atom. The Morgan fingerprint density at radius 2 is 1.94 bits per heavy atom. The maximum Gasteiger partial charge on any atom is 0.239 e. The topological polar surface area (TPSA) is 75.4 Å². The largest absolute Gasteiger partial charge is 0.355 e. The number of hydrogen-bond donors (Lipinski definition) is 2. The van der Waals surface area contributed by atoms with E-state index in [2.05, 4.69) is 5.32 Å². The molecular formula is C11H23N3O2. The molecule has 0 atom stereocenters. The monoisotopic (exact) mass is 229 g/mol. The fourth-order valence-electron chi connectivity index (χ4n) is 1.18. The molecule has 0 aromatic heterocycles. The van der Waals surface area contributed by atoms with Crippen LogP contribution >= 0.6 is 0 Å². The smallest absolute Gasteiger partial charge is 0.239 e. The number of nitrogens with zero attached hydrogens (tertiary/aromatic N) is 1. The standard InChI is InChI=1S/C11H23N3O2/c1-5-13-9(15)8-14(4)10(16)6-7-11(2,3)12/h5-8,12H2,1-4H3,(H,13,15). The minimum absolute atomic E-state index is 0.0511. The van der Waals surface area contributed by atoms with Crippen molar-refractivity contribution in [2.75, 3.05) is 20.1 Å². The van der Waals surface area contributed by atoms with Crippen LogP contribution in [0.1, 0.15) is 33.6 Å². The molecule has 0 saturated heterocycles. The number of nitrogens with two attached hydrogens (primary N) is 1. The summed E-state index contributed by atoms with van der Waals surface area (Å²) in [6.45, 7) is 6.29. The van der Waals surface area contributed by atoms with E-state index in [0.717, 1.165) is 0 Å². The lowest BCUT2D eigenvalue weighted by molar-refractivity contribution is -0.134. The number of hydrogen-bond acceptors (Lipinski definition) is 3. The second kappa shape index (κ2) is 6.48. The zero-order valence-corrected chi connectivity index (χ0v) is 10.7. The highest BCUT2D eigenvalue weighted by molar-refractivity contribution is 5.84. The number of amides is 2. The zero-order chi connectivity index (χ0) is 12.8. The Bertz CT molecular complexity index is 246. The number of rotatable bonds is 6. The number of likely N-dealkylation sites (N-methyl/N-ethyl adjacent to an activating group) is 2. The van der Waals surface area contributed by atoms with Crippen molar-refractivity contribution in [3.8, 4) is 0 Å². The van der Waals surface area contributed by atoms with E-state index < -0.39 is 0 Å². The van der Waals surface area contributed by atoms with Crippen molar-refractivity contribution in [2.45, 2.75) is 39.2 Å². The van der Waals surface area contributed by atoms with Crippen LogP contribution < -0.4 is 11.1 Å². The fraction of sp³-hybridized carbons (Fsp3) is 0.818. The molecule has 0 aromatic carbocycles. The first kappa shape index (κ1) is 14.9. The summed E-state index contributed by atoms with van der Waals surface area (Å²) in [4.78, 5) is 24.3. The predicted molar refractivity (Wildman–Crippen MR) is 63.8 cm³/mol. The molecule has 0 aliphatic carbocycles. The molecule has 0 rings (SSSR count). The first-order valence-electron chi connectivity index (χ1n) is 5.56. The first-order valence-corrected chi connectivity index (χ1v) is 5.56. The molecule has 0 fully saturated rings. The van der Waals surface area contributed by atoms with Crippen molar-refractivity contribution >= 4 is 11.8 Å². The molecule has 0 aliphatic rings. The van der Waals surface area contributed by atoms with E-state index in [4.69, 9.17) is 5.73 Å². The fourth-order valence-corrected chi connectivity index (χ4v) is 1.18. The summed E-state index contributed by atoms with van der Waals surface area (Å²) >= 11 is 0. The van der Waals surface area contributed by atoms with Gasteiger partial charge in [-0.25, -0.2) is 0 Å². The van der Waals surface area contributed by atoms with Gasteiger partial charge in [-0.15, -0.1) is 0 Å². The van der Waals surface area contributed by atoms with Crippen LogP contribution in [-0.4, -0.2) is 42.4 Å². The van der Waals surface area contributed by atoms with E-state index in [1.165, 1.54) is 4.90 Å². The van der Waals surface area contributed by atoms with Crippen LogP contribution in [0.5, 0.6) is 0 Å². The molecule has 0 aliphatic heterocycles. The molecule has 94 valence electrons. The number of carbonyl (C=O) groups excluding carboxylic acids is 2. The van der Waals surface area contributed by atoms with E-state index in [1.807, 2.05) is 20.8 Å². The summed E-state index contributed by atoms with van der Waals surface area (Å²) < 4.78 is 0. The van der Waals surface area contributed by atoms with Gasteiger partial charge in [0.2, 0.25) is 11.8 Å². The van der Waals surface area contributed by atoms with Crippen molar-refractivity contribution < 1.29 is 9.59 Å². The maximum atomic E-state index is 11.6. The van der Waals surface area contributed by atoms with Crippen molar-refractivity contribution in [1.29, 1.82) is 0 Å². The molecule has 5 nitrogen and oxygen atoms in total. The van der Waals surface area contributed by atoms with Gasteiger partial charge in [0.1, 0.15) is 0 Å². The highest BCUT2D eigenvalue weighted by atomic mass is 16.2. The van der Waals surface area contributed by atoms with Gasteiger partial charge in [-0.1, -0.05) is 0 Å². The summed E-state index contributed by atoms with van der Waals surface area (Å²) in [6.07, 6.45) is 0.991. The van der Waals surface area contributed by atoms with Crippen molar-refractivity contribution in [3.63, 3.8) is 0 Å². The molecule has 0 radical (unpaired) electrons. The summed E-state index contributed by atoms with van der Waals surface area (Å²) in [5.41, 5.74) is 5.44. The lowest BCUT2D eigenvalue weighted by atomic mass is 10.00. The Hall–Kier alpha value is -1.10. The molecule has 0 unspecified atom stereocenters. The van der Waals surface area contributed by atoms with E-state index >= 15 is 0 Å². The molecule has 0 aromatic rings. The number of nitrogens with one attached hydrogen (secondary N) is 1. The average molecular weight is 229 g/mol. The highest BCUT2D eigenvalue weighted by Crippen LogP contribution is 2.08. The lowest BCUT2D eigenvalue weighted by Gasteiger charge is -2.21. The van der Waals surface area contributed by atoms with Crippen LogP contribution in [0.4, 0.5) is 0 Å². The van der Waals surface area contributed by atoms with E-state index in [0.29, 0.717) is 19.4 Å². The third-order valence-electron chi connectivity index (χ3n) is 2.16. The Morgan fingerprint density at radius 1 is 1.38 bits per heavy atom. The molecule has 16 heavy (non-hydrogen) atoms. The van der Waals surface area contributed by atoms with Crippen LogP contribution in [0.15, 0.2) is 0 Å². The maximum absolute atomic E-state index is 11.6. The molecule has 0 heterocycles. The summed E-state index contributed by atoms with van der Waals surface area (Å²) in [7, 11) is 1.63. The van der Waals surface area contributed by atoms with E-state index in [9.17, 15) is 9.59 Å². The summed E-state index contributed by atoms with van der Waals surface area (Å²) in [6, 6.07) is 0. The molecular weight excluding hydrogens is 206 g/mol. The van der Waals surface area contributed by atoms with Crippen molar-refractivity contribution in [1.82, 2.24) is 10.2 Å².